The number of ether oxygens (including phenoxy) is 1. The van der Waals surface area contributed by atoms with Crippen molar-refractivity contribution < 1.29 is 35.9 Å². The van der Waals surface area contributed by atoms with Gasteiger partial charge in [-0.05, 0) is 53.1 Å². The number of halogens is 6. The maximum atomic E-state index is 14.9. The van der Waals surface area contributed by atoms with Gasteiger partial charge < -0.3 is 10.1 Å². The molecule has 1 atom stereocenters. The van der Waals surface area contributed by atoms with Crippen LogP contribution in [0.25, 0.3) is 0 Å². The first kappa shape index (κ1) is 28.2. The average molecular weight is 554 g/mol. The second-order valence-electron chi connectivity index (χ2n) is 8.83. The highest BCUT2D eigenvalue weighted by atomic mass is 19.3. The second kappa shape index (κ2) is 11.5. The zero-order chi connectivity index (χ0) is 28.9. The molecular formula is C30H20F6N2O2. The van der Waals surface area contributed by atoms with E-state index in [4.69, 9.17) is 0 Å². The number of hydrogen-bond donors (Lipinski definition) is 1. The molecule has 0 aliphatic rings. The third-order valence-electron chi connectivity index (χ3n) is 6.14. The largest absolute Gasteiger partial charge is 0.461 e. The lowest BCUT2D eigenvalue weighted by Crippen LogP contribution is -2.49. The van der Waals surface area contributed by atoms with Crippen molar-refractivity contribution in [3.05, 3.63) is 137 Å². The number of nitriles is 1. The van der Waals surface area contributed by atoms with E-state index in [0.29, 0.717) is 11.6 Å². The second-order valence-corrected chi connectivity index (χ2v) is 8.83. The molecule has 1 unspecified atom stereocenters. The van der Waals surface area contributed by atoms with Crippen molar-refractivity contribution in [2.24, 2.45) is 0 Å². The van der Waals surface area contributed by atoms with Gasteiger partial charge in [0, 0.05) is 12.5 Å². The van der Waals surface area contributed by atoms with Crippen molar-refractivity contribution >= 4 is 5.91 Å². The Balaban J connectivity index is 1.97. The molecule has 4 aromatic rings. The van der Waals surface area contributed by atoms with Gasteiger partial charge in [0.2, 0.25) is 0 Å². The van der Waals surface area contributed by atoms with Crippen molar-refractivity contribution in [1.29, 1.82) is 5.26 Å². The van der Waals surface area contributed by atoms with Gasteiger partial charge in [-0.15, -0.1) is 0 Å². The van der Waals surface area contributed by atoms with Crippen LogP contribution in [0.3, 0.4) is 0 Å². The van der Waals surface area contributed by atoms with Gasteiger partial charge in [-0.2, -0.15) is 22.8 Å². The number of nitrogens with zero attached hydrogens (tertiary/aromatic N) is 1. The summed E-state index contributed by atoms with van der Waals surface area (Å²) < 4.78 is 86.3. The topological polar surface area (TPSA) is 62.1 Å². The Morgan fingerprint density at radius 1 is 0.850 bits per heavy atom. The number of nitrogens with one attached hydrogen (secondary N) is 1. The SMILES string of the molecule is N#Cc1ccccc1C(=O)NC(Cc1ccccc1)(c1ccc(F)cc1)c1cc(F)cc(OC(F)(F)C(F)F)c1. The Bertz CT molecular complexity index is 1540. The number of alkyl halides is 4. The molecule has 0 fully saturated rings. The first-order chi connectivity index (χ1) is 19.0. The van der Waals surface area contributed by atoms with Gasteiger partial charge in [0.25, 0.3) is 5.91 Å². The van der Waals surface area contributed by atoms with Crippen LogP contribution in [0.2, 0.25) is 0 Å². The first-order valence-electron chi connectivity index (χ1n) is 11.8. The number of rotatable bonds is 9. The molecule has 0 radical (unpaired) electrons. The molecule has 4 rings (SSSR count). The Morgan fingerprint density at radius 2 is 1.50 bits per heavy atom. The fourth-order valence-electron chi connectivity index (χ4n) is 4.31. The normalized spacial score (nSPS) is 12.8. The Hall–Kier alpha value is -4.78. The molecule has 4 aromatic carbocycles. The summed E-state index contributed by atoms with van der Waals surface area (Å²) in [6, 6.07) is 23.4. The smallest absolute Gasteiger partial charge is 0.428 e. The van der Waals surface area contributed by atoms with Crippen molar-refractivity contribution in [3.8, 4) is 11.8 Å². The van der Waals surface area contributed by atoms with Gasteiger partial charge in [-0.1, -0.05) is 54.6 Å². The molecule has 0 aliphatic carbocycles. The molecule has 1 N–H and O–H groups in total. The molecule has 1 amide bonds. The molecule has 0 saturated carbocycles. The van der Waals surface area contributed by atoms with Crippen LogP contribution in [0.15, 0.2) is 97.1 Å². The highest BCUT2D eigenvalue weighted by Gasteiger charge is 2.45. The van der Waals surface area contributed by atoms with Crippen LogP contribution < -0.4 is 10.1 Å². The van der Waals surface area contributed by atoms with Crippen LogP contribution >= 0.6 is 0 Å². The van der Waals surface area contributed by atoms with E-state index >= 15 is 0 Å². The number of hydrogen-bond acceptors (Lipinski definition) is 3. The molecule has 4 nitrogen and oxygen atoms in total. The van der Waals surface area contributed by atoms with E-state index in [0.717, 1.165) is 24.3 Å². The van der Waals surface area contributed by atoms with E-state index < -0.39 is 41.4 Å². The summed E-state index contributed by atoms with van der Waals surface area (Å²) >= 11 is 0. The fraction of sp³-hybridized carbons (Fsp3) is 0.133. The quantitative estimate of drug-likeness (QED) is 0.227. The summed E-state index contributed by atoms with van der Waals surface area (Å²) in [6.45, 7) is 0. The van der Waals surface area contributed by atoms with Crippen LogP contribution in [0, 0.1) is 23.0 Å². The summed E-state index contributed by atoms with van der Waals surface area (Å²) in [7, 11) is 0. The average Bonchev–Trinajstić information content (AvgIpc) is 2.93. The van der Waals surface area contributed by atoms with E-state index in [2.05, 4.69) is 10.1 Å². The molecule has 0 saturated heterocycles. The zero-order valence-corrected chi connectivity index (χ0v) is 20.6. The maximum absolute atomic E-state index is 14.9. The van der Waals surface area contributed by atoms with Gasteiger partial charge in [0.1, 0.15) is 17.4 Å². The van der Waals surface area contributed by atoms with Crippen molar-refractivity contribution in [3.63, 3.8) is 0 Å². The minimum atomic E-state index is -4.93. The summed E-state index contributed by atoms with van der Waals surface area (Å²) in [6.07, 6.45) is -9.25. The standard InChI is InChI=1S/C30H20F6N2O2/c31-23-12-10-21(11-13-23)29(17-19-6-2-1-3-7-19,38-27(39)26-9-5-4-8-20(26)18-37)22-14-24(32)16-25(15-22)40-30(35,36)28(33)34/h1-16,28H,17H2,(H,38,39). The van der Waals surface area contributed by atoms with Gasteiger partial charge in [0.05, 0.1) is 22.7 Å². The minimum Gasteiger partial charge on any atom is -0.428 e. The Labute approximate surface area is 225 Å². The van der Waals surface area contributed by atoms with Crippen LogP contribution in [-0.2, 0) is 12.0 Å². The predicted octanol–water partition coefficient (Wildman–Crippen LogP) is 6.99. The van der Waals surface area contributed by atoms with Gasteiger partial charge in [-0.25, -0.2) is 8.78 Å². The molecular weight excluding hydrogens is 534 g/mol. The Morgan fingerprint density at radius 3 is 2.15 bits per heavy atom. The van der Waals surface area contributed by atoms with Gasteiger partial charge in [-0.3, -0.25) is 4.79 Å². The lowest BCUT2D eigenvalue weighted by atomic mass is 9.77. The van der Waals surface area contributed by atoms with Crippen molar-refractivity contribution in [2.75, 3.05) is 0 Å². The molecule has 40 heavy (non-hydrogen) atoms. The third-order valence-corrected chi connectivity index (χ3v) is 6.14. The summed E-state index contributed by atoms with van der Waals surface area (Å²) in [5.41, 5.74) is -1.17. The van der Waals surface area contributed by atoms with Crippen LogP contribution in [-0.4, -0.2) is 18.4 Å². The Kier molecular flexibility index (Phi) is 8.14. The predicted molar refractivity (Wildman–Crippen MR) is 134 cm³/mol. The van der Waals surface area contributed by atoms with E-state index in [9.17, 15) is 36.4 Å². The number of benzene rings is 4. The fourth-order valence-corrected chi connectivity index (χ4v) is 4.31. The van der Waals surface area contributed by atoms with Crippen molar-refractivity contribution in [2.45, 2.75) is 24.5 Å². The molecule has 0 heterocycles. The highest BCUT2D eigenvalue weighted by Crippen LogP contribution is 2.38. The molecule has 0 aliphatic heterocycles. The molecule has 10 heteroatoms. The molecule has 0 aromatic heterocycles. The van der Waals surface area contributed by atoms with Crippen LogP contribution in [0.4, 0.5) is 26.3 Å². The number of amides is 1. The van der Waals surface area contributed by atoms with E-state index in [1.165, 1.54) is 30.3 Å². The maximum Gasteiger partial charge on any atom is 0.461 e. The van der Waals surface area contributed by atoms with Crippen molar-refractivity contribution in [1.82, 2.24) is 5.32 Å². The van der Waals surface area contributed by atoms with E-state index in [1.807, 2.05) is 6.07 Å². The van der Waals surface area contributed by atoms with E-state index in [-0.39, 0.29) is 28.7 Å². The summed E-state index contributed by atoms with van der Waals surface area (Å²) in [4.78, 5) is 13.7. The molecule has 204 valence electrons. The molecule has 0 bridgehead atoms. The van der Waals surface area contributed by atoms with E-state index in [1.54, 1.807) is 36.4 Å². The number of carbonyl (C=O) groups is 1. The summed E-state index contributed by atoms with van der Waals surface area (Å²) in [5, 5.41) is 12.3. The lowest BCUT2D eigenvalue weighted by Gasteiger charge is -2.37. The van der Waals surface area contributed by atoms with Gasteiger partial charge >= 0.3 is 12.5 Å². The monoisotopic (exact) mass is 554 g/mol. The zero-order valence-electron chi connectivity index (χ0n) is 20.6. The third kappa shape index (κ3) is 6.10. The van der Waals surface area contributed by atoms with Crippen LogP contribution in [0.5, 0.6) is 5.75 Å². The van der Waals surface area contributed by atoms with Crippen LogP contribution in [0.1, 0.15) is 32.6 Å². The lowest BCUT2D eigenvalue weighted by molar-refractivity contribution is -0.253. The summed E-state index contributed by atoms with van der Waals surface area (Å²) in [5.74, 6) is -3.46. The molecule has 0 spiro atoms. The number of carbonyl (C=O) groups excluding carboxylic acids is 1. The highest BCUT2D eigenvalue weighted by molar-refractivity contribution is 5.97. The minimum absolute atomic E-state index is 0.0209. The van der Waals surface area contributed by atoms with Gasteiger partial charge in [0.15, 0.2) is 0 Å². The first-order valence-corrected chi connectivity index (χ1v) is 11.8.